The molecule has 9 rings (SSSR count). The highest BCUT2D eigenvalue weighted by molar-refractivity contribution is 6.10. The largest absolute Gasteiger partial charge is 0.416 e. The van der Waals surface area contributed by atoms with Gasteiger partial charge in [0.2, 0.25) is 0 Å². The van der Waals surface area contributed by atoms with Crippen molar-refractivity contribution in [1.82, 2.24) is 4.57 Å². The Bertz CT molecular complexity index is 2830. The van der Waals surface area contributed by atoms with Crippen molar-refractivity contribution < 1.29 is 26.3 Å². The van der Waals surface area contributed by atoms with Crippen LogP contribution < -0.4 is 4.90 Å². The van der Waals surface area contributed by atoms with Crippen molar-refractivity contribution in [3.05, 3.63) is 205 Å². The summed E-state index contributed by atoms with van der Waals surface area (Å²) in [5, 5.41) is 2.18. The lowest BCUT2D eigenvalue weighted by Crippen LogP contribution is -2.09. The van der Waals surface area contributed by atoms with Gasteiger partial charge in [-0.05, 0) is 149 Å². The molecular weight excluding hydrogens is 755 g/mol. The standard InChI is InChI=1S/C51H34F6N2/c1-33-28-36(39-30-37(34-16-21-40(22-17-34)50(52,53)54)29-38(31-39)35-18-23-41(24-19-35)51(55,56)57)20-26-47(33)59-48-15-9-8-14-45(48)46-32-44(25-27-49(46)59)58(42-10-4-2-5-11-42)43-12-6-3-7-13-43/h2-32H,1H3. The van der Waals surface area contributed by atoms with Gasteiger partial charge in [-0.3, -0.25) is 0 Å². The maximum absolute atomic E-state index is 13.4. The molecule has 0 atom stereocenters. The third-order valence-electron chi connectivity index (χ3n) is 10.7. The summed E-state index contributed by atoms with van der Waals surface area (Å²) >= 11 is 0. The molecule has 0 fully saturated rings. The second-order valence-corrected chi connectivity index (χ2v) is 14.5. The number of fused-ring (bicyclic) bond motifs is 3. The summed E-state index contributed by atoms with van der Waals surface area (Å²) in [5.41, 5.74) is 9.53. The average molecular weight is 789 g/mol. The van der Waals surface area contributed by atoms with Gasteiger partial charge in [0.25, 0.3) is 0 Å². The molecule has 9 aromatic rings. The zero-order valence-electron chi connectivity index (χ0n) is 31.6. The molecular formula is C51H34F6N2. The molecule has 59 heavy (non-hydrogen) atoms. The van der Waals surface area contributed by atoms with E-state index in [0.717, 1.165) is 85.5 Å². The molecule has 8 aromatic carbocycles. The molecule has 0 saturated heterocycles. The van der Waals surface area contributed by atoms with E-state index in [4.69, 9.17) is 0 Å². The third-order valence-corrected chi connectivity index (χ3v) is 10.7. The average Bonchev–Trinajstić information content (AvgIpc) is 3.57. The number of nitrogens with zero attached hydrogens (tertiary/aromatic N) is 2. The number of aryl methyl sites for hydroxylation is 1. The fourth-order valence-corrected chi connectivity index (χ4v) is 7.88. The smallest absolute Gasteiger partial charge is 0.310 e. The Morgan fingerprint density at radius 1 is 0.373 bits per heavy atom. The Morgan fingerprint density at radius 2 is 0.831 bits per heavy atom. The highest BCUT2D eigenvalue weighted by Gasteiger charge is 2.31. The minimum Gasteiger partial charge on any atom is -0.310 e. The molecule has 0 aliphatic heterocycles. The minimum absolute atomic E-state index is 0.545. The van der Waals surface area contributed by atoms with Crippen molar-refractivity contribution in [3.8, 4) is 39.1 Å². The van der Waals surface area contributed by atoms with Crippen LogP contribution in [0.1, 0.15) is 16.7 Å². The SMILES string of the molecule is Cc1cc(-c2cc(-c3ccc(C(F)(F)F)cc3)cc(-c3ccc(C(F)(F)F)cc3)c2)ccc1-n1c2ccccc2c2cc(N(c3ccccc3)c3ccccc3)ccc21. The number of para-hydroxylation sites is 3. The van der Waals surface area contributed by atoms with Gasteiger partial charge in [0.1, 0.15) is 0 Å². The van der Waals surface area contributed by atoms with Gasteiger partial charge >= 0.3 is 12.4 Å². The molecule has 8 heteroatoms. The summed E-state index contributed by atoms with van der Waals surface area (Å²) in [4.78, 5) is 2.24. The summed E-state index contributed by atoms with van der Waals surface area (Å²) in [6, 6.07) is 56.9. The van der Waals surface area contributed by atoms with E-state index in [1.807, 2.05) is 73.7 Å². The fourth-order valence-electron chi connectivity index (χ4n) is 7.88. The Balaban J connectivity index is 1.15. The van der Waals surface area contributed by atoms with Gasteiger partial charge in [-0.25, -0.2) is 0 Å². The Labute approximate surface area is 336 Å². The van der Waals surface area contributed by atoms with Gasteiger partial charge in [-0.2, -0.15) is 26.3 Å². The fraction of sp³-hybridized carbons (Fsp3) is 0.0588. The Kier molecular flexibility index (Phi) is 9.35. The molecule has 0 amide bonds. The van der Waals surface area contributed by atoms with Crippen LogP contribution in [0.15, 0.2) is 188 Å². The number of alkyl halides is 6. The van der Waals surface area contributed by atoms with Crippen LogP contribution >= 0.6 is 0 Å². The zero-order chi connectivity index (χ0) is 40.9. The number of hydrogen-bond donors (Lipinski definition) is 0. The van der Waals surface area contributed by atoms with E-state index in [9.17, 15) is 26.3 Å². The number of aromatic nitrogens is 1. The summed E-state index contributed by atoms with van der Waals surface area (Å²) < 4.78 is 83.0. The maximum Gasteiger partial charge on any atom is 0.416 e. The molecule has 1 heterocycles. The van der Waals surface area contributed by atoms with Crippen LogP contribution in [0.2, 0.25) is 0 Å². The lowest BCUT2D eigenvalue weighted by molar-refractivity contribution is -0.138. The van der Waals surface area contributed by atoms with Crippen molar-refractivity contribution in [2.24, 2.45) is 0 Å². The first-order chi connectivity index (χ1) is 28.4. The first-order valence-corrected chi connectivity index (χ1v) is 19.0. The molecule has 2 nitrogen and oxygen atoms in total. The number of rotatable bonds is 7. The number of anilines is 3. The van der Waals surface area contributed by atoms with E-state index in [1.54, 1.807) is 6.07 Å². The zero-order valence-corrected chi connectivity index (χ0v) is 31.6. The first kappa shape index (κ1) is 37.5. The van der Waals surface area contributed by atoms with Crippen molar-refractivity contribution in [3.63, 3.8) is 0 Å². The van der Waals surface area contributed by atoms with Crippen LogP contribution in [0, 0.1) is 6.92 Å². The molecule has 290 valence electrons. The summed E-state index contributed by atoms with van der Waals surface area (Å²) in [6.45, 7) is 2.04. The van der Waals surface area contributed by atoms with Crippen molar-refractivity contribution >= 4 is 38.9 Å². The molecule has 0 saturated carbocycles. The van der Waals surface area contributed by atoms with Crippen LogP contribution in [0.5, 0.6) is 0 Å². The van der Waals surface area contributed by atoms with Gasteiger partial charge in [0.15, 0.2) is 0 Å². The van der Waals surface area contributed by atoms with Crippen molar-refractivity contribution in [2.45, 2.75) is 19.3 Å². The normalized spacial score (nSPS) is 12.0. The van der Waals surface area contributed by atoms with E-state index in [2.05, 4.69) is 76.2 Å². The van der Waals surface area contributed by atoms with Crippen LogP contribution in [0.4, 0.5) is 43.4 Å². The Morgan fingerprint density at radius 3 is 1.34 bits per heavy atom. The van der Waals surface area contributed by atoms with Gasteiger partial charge in [-0.1, -0.05) is 84.9 Å². The molecule has 0 unspecified atom stereocenters. The van der Waals surface area contributed by atoms with Gasteiger partial charge in [-0.15, -0.1) is 0 Å². The van der Waals surface area contributed by atoms with Gasteiger partial charge in [0, 0.05) is 33.5 Å². The second-order valence-electron chi connectivity index (χ2n) is 14.5. The maximum atomic E-state index is 13.4. The molecule has 1 aromatic heterocycles. The van der Waals surface area contributed by atoms with E-state index in [0.29, 0.717) is 22.3 Å². The van der Waals surface area contributed by atoms with Crippen LogP contribution in [0.25, 0.3) is 60.9 Å². The van der Waals surface area contributed by atoms with Crippen molar-refractivity contribution in [1.29, 1.82) is 0 Å². The second kappa shape index (κ2) is 14.7. The van der Waals surface area contributed by atoms with Crippen LogP contribution in [-0.2, 0) is 12.4 Å². The molecule has 0 bridgehead atoms. The molecule has 0 spiro atoms. The summed E-state index contributed by atoms with van der Waals surface area (Å²) in [5.74, 6) is 0. The third kappa shape index (κ3) is 7.23. The van der Waals surface area contributed by atoms with Gasteiger partial charge in [0.05, 0.1) is 22.2 Å². The van der Waals surface area contributed by atoms with Crippen molar-refractivity contribution in [2.75, 3.05) is 4.90 Å². The minimum atomic E-state index is -4.49. The number of halogens is 6. The van der Waals surface area contributed by atoms with E-state index in [-0.39, 0.29) is 0 Å². The molecule has 0 N–H and O–H groups in total. The monoisotopic (exact) mass is 788 g/mol. The van der Waals surface area contributed by atoms with E-state index >= 15 is 0 Å². The molecule has 0 radical (unpaired) electrons. The number of benzene rings is 8. The van der Waals surface area contributed by atoms with E-state index < -0.39 is 23.5 Å². The summed E-state index contributed by atoms with van der Waals surface area (Å²) in [7, 11) is 0. The lowest BCUT2D eigenvalue weighted by atomic mass is 9.92. The lowest BCUT2D eigenvalue weighted by Gasteiger charge is -2.25. The predicted octanol–water partition coefficient (Wildman–Crippen LogP) is 15.6. The van der Waals surface area contributed by atoms with E-state index in [1.165, 1.54) is 24.3 Å². The highest BCUT2D eigenvalue weighted by Crippen LogP contribution is 2.42. The molecule has 0 aliphatic carbocycles. The van der Waals surface area contributed by atoms with Crippen LogP contribution in [0.3, 0.4) is 0 Å². The molecule has 0 aliphatic rings. The highest BCUT2D eigenvalue weighted by atomic mass is 19.4. The van der Waals surface area contributed by atoms with Gasteiger partial charge < -0.3 is 9.47 Å². The summed E-state index contributed by atoms with van der Waals surface area (Å²) in [6.07, 6.45) is -8.98. The number of hydrogen-bond acceptors (Lipinski definition) is 1. The quantitative estimate of drug-likeness (QED) is 0.146. The predicted molar refractivity (Wildman–Crippen MR) is 227 cm³/mol. The Hall–Kier alpha value is -7.06. The first-order valence-electron chi connectivity index (χ1n) is 19.0. The van der Waals surface area contributed by atoms with Crippen LogP contribution in [-0.4, -0.2) is 4.57 Å². The topological polar surface area (TPSA) is 8.17 Å².